The number of imidazole rings is 1. The van der Waals surface area contributed by atoms with Gasteiger partial charge < -0.3 is 14.2 Å². The fourth-order valence-electron chi connectivity index (χ4n) is 4.62. The summed E-state index contributed by atoms with van der Waals surface area (Å²) in [6, 6.07) is 23.5. The molecule has 0 amide bonds. The minimum absolute atomic E-state index is 0.657. The van der Waals surface area contributed by atoms with Crippen LogP contribution >= 0.6 is 0 Å². The summed E-state index contributed by atoms with van der Waals surface area (Å²) < 4.78 is 8.31. The Morgan fingerprint density at radius 3 is 2.72 bits per heavy atom. The van der Waals surface area contributed by atoms with Crippen molar-refractivity contribution in [2.75, 3.05) is 18.1 Å². The highest BCUT2D eigenvalue weighted by Crippen LogP contribution is 2.33. The van der Waals surface area contributed by atoms with Crippen molar-refractivity contribution in [2.45, 2.75) is 20.0 Å². The Kier molecular flexibility index (Phi) is 4.53. The number of hydrogen-bond donors (Lipinski definition) is 0. The molecule has 5 heteroatoms. The van der Waals surface area contributed by atoms with Crippen LogP contribution in [0.4, 0.5) is 5.69 Å². The first-order chi connectivity index (χ1) is 15.8. The number of pyridine rings is 1. The van der Waals surface area contributed by atoms with Crippen LogP contribution in [0.2, 0.25) is 0 Å². The summed E-state index contributed by atoms with van der Waals surface area (Å²) in [5.41, 5.74) is 8.01. The Bertz CT molecular complexity index is 1430. The molecule has 1 aliphatic heterocycles. The normalized spacial score (nSPS) is 13.7. The van der Waals surface area contributed by atoms with Gasteiger partial charge in [-0.2, -0.15) is 0 Å². The van der Waals surface area contributed by atoms with E-state index in [0.29, 0.717) is 6.61 Å². The molecule has 0 unspecified atom stereocenters. The third-order valence-corrected chi connectivity index (χ3v) is 6.30. The number of aryl methyl sites for hydroxylation is 1. The number of ether oxygens (including phenoxy) is 1. The highest BCUT2D eigenvalue weighted by atomic mass is 16.5. The summed E-state index contributed by atoms with van der Waals surface area (Å²) in [6.45, 7) is 5.34. The molecule has 0 atom stereocenters. The van der Waals surface area contributed by atoms with Gasteiger partial charge in [0.2, 0.25) is 0 Å². The Morgan fingerprint density at radius 2 is 1.78 bits per heavy atom. The zero-order chi connectivity index (χ0) is 21.5. The molecule has 3 aromatic carbocycles. The monoisotopic (exact) mass is 420 g/mol. The predicted octanol–water partition coefficient (Wildman–Crippen LogP) is 5.67. The lowest BCUT2D eigenvalue weighted by molar-refractivity contribution is 0.332. The number of hydrogen-bond acceptors (Lipinski definition) is 4. The molecule has 5 aromatic rings. The van der Waals surface area contributed by atoms with Crippen LogP contribution in [-0.4, -0.2) is 27.7 Å². The first kappa shape index (κ1) is 18.9. The lowest BCUT2D eigenvalue weighted by Crippen LogP contribution is -2.25. The van der Waals surface area contributed by atoms with Crippen molar-refractivity contribution < 1.29 is 4.74 Å². The number of rotatable bonds is 3. The highest BCUT2D eigenvalue weighted by Gasteiger charge is 2.18. The van der Waals surface area contributed by atoms with Crippen LogP contribution in [0.3, 0.4) is 0 Å². The molecule has 5 nitrogen and oxygen atoms in total. The fourth-order valence-corrected chi connectivity index (χ4v) is 4.62. The van der Waals surface area contributed by atoms with Crippen LogP contribution in [0.25, 0.3) is 33.1 Å². The van der Waals surface area contributed by atoms with E-state index in [1.807, 2.05) is 18.6 Å². The van der Waals surface area contributed by atoms with Gasteiger partial charge in [0, 0.05) is 35.9 Å². The van der Waals surface area contributed by atoms with Crippen LogP contribution < -0.4 is 9.64 Å². The van der Waals surface area contributed by atoms with Crippen LogP contribution in [0.1, 0.15) is 12.5 Å². The summed E-state index contributed by atoms with van der Waals surface area (Å²) in [5.74, 6) is 0.967. The van der Waals surface area contributed by atoms with E-state index in [1.165, 1.54) is 33.3 Å². The molecule has 0 aliphatic carbocycles. The number of aromatic nitrogens is 3. The molecule has 6 rings (SSSR count). The average Bonchev–Trinajstić information content (AvgIpc) is 3.14. The lowest BCUT2D eigenvalue weighted by atomic mass is 10.0. The van der Waals surface area contributed by atoms with Crippen molar-refractivity contribution in [3.05, 3.63) is 84.8 Å². The van der Waals surface area contributed by atoms with Gasteiger partial charge >= 0.3 is 0 Å². The topological polar surface area (TPSA) is 43.2 Å². The van der Waals surface area contributed by atoms with Gasteiger partial charge in [-0.3, -0.25) is 4.98 Å². The minimum Gasteiger partial charge on any atom is -0.491 e. The van der Waals surface area contributed by atoms with Crippen LogP contribution in [0.15, 0.2) is 79.3 Å². The van der Waals surface area contributed by atoms with E-state index in [0.717, 1.165) is 36.4 Å². The molecule has 0 fully saturated rings. The summed E-state index contributed by atoms with van der Waals surface area (Å²) in [5, 5.41) is 1.17. The maximum Gasteiger partial charge on any atom is 0.124 e. The first-order valence-electron chi connectivity index (χ1n) is 11.1. The predicted molar refractivity (Wildman–Crippen MR) is 129 cm³/mol. The van der Waals surface area contributed by atoms with Crippen molar-refractivity contribution >= 4 is 27.6 Å². The molecule has 0 N–H and O–H groups in total. The summed E-state index contributed by atoms with van der Waals surface area (Å²) in [4.78, 5) is 11.4. The third kappa shape index (κ3) is 3.17. The molecule has 32 heavy (non-hydrogen) atoms. The zero-order valence-corrected chi connectivity index (χ0v) is 18.0. The number of nitrogens with zero attached hydrogens (tertiary/aromatic N) is 4. The number of fused-ring (bicyclic) bond motifs is 3. The molecule has 2 aromatic heterocycles. The second-order valence-electron chi connectivity index (χ2n) is 8.17. The van der Waals surface area contributed by atoms with E-state index in [9.17, 15) is 0 Å². The van der Waals surface area contributed by atoms with Crippen molar-refractivity contribution in [3.8, 4) is 16.9 Å². The maximum absolute atomic E-state index is 6.13. The van der Waals surface area contributed by atoms with Gasteiger partial charge in [-0.1, -0.05) is 30.3 Å². The van der Waals surface area contributed by atoms with E-state index in [4.69, 9.17) is 4.74 Å². The van der Waals surface area contributed by atoms with Crippen LogP contribution in [0.5, 0.6) is 5.75 Å². The largest absolute Gasteiger partial charge is 0.491 e. The molecule has 158 valence electrons. The summed E-state index contributed by atoms with van der Waals surface area (Å²) in [7, 11) is 0. The molecule has 0 spiro atoms. The standard InChI is InChI=1S/C27H24N4O/c1-2-30-18-29-24-9-7-20(16-26(24)30)19-8-10-27-21(15-19)17-31(13-14-32-27)25-11-12-28-23-6-4-3-5-22(23)25/h3-12,15-16,18H,2,13-14,17H2,1H3. The van der Waals surface area contributed by atoms with Gasteiger partial charge in [0.1, 0.15) is 12.4 Å². The Morgan fingerprint density at radius 1 is 0.906 bits per heavy atom. The first-order valence-corrected chi connectivity index (χ1v) is 11.1. The minimum atomic E-state index is 0.657. The van der Waals surface area contributed by atoms with E-state index in [2.05, 4.69) is 87.0 Å². The lowest BCUT2D eigenvalue weighted by Gasteiger charge is -2.23. The van der Waals surface area contributed by atoms with Crippen molar-refractivity contribution in [2.24, 2.45) is 0 Å². The van der Waals surface area contributed by atoms with Crippen molar-refractivity contribution in [3.63, 3.8) is 0 Å². The molecule has 0 saturated carbocycles. The van der Waals surface area contributed by atoms with E-state index < -0.39 is 0 Å². The van der Waals surface area contributed by atoms with E-state index >= 15 is 0 Å². The molecule has 1 aliphatic rings. The van der Waals surface area contributed by atoms with Crippen molar-refractivity contribution in [1.29, 1.82) is 0 Å². The molecule has 0 bridgehead atoms. The van der Waals surface area contributed by atoms with Gasteiger partial charge in [-0.25, -0.2) is 4.98 Å². The molecular weight excluding hydrogens is 396 g/mol. The fraction of sp³-hybridized carbons (Fsp3) is 0.185. The molecule has 0 saturated heterocycles. The van der Waals surface area contributed by atoms with Gasteiger partial charge in [0.15, 0.2) is 0 Å². The molecule has 0 radical (unpaired) electrons. The van der Waals surface area contributed by atoms with Gasteiger partial charge in [-0.05, 0) is 54.4 Å². The Balaban J connectivity index is 1.40. The summed E-state index contributed by atoms with van der Waals surface area (Å²) in [6.07, 6.45) is 3.81. The van der Waals surface area contributed by atoms with E-state index in [-0.39, 0.29) is 0 Å². The van der Waals surface area contributed by atoms with Gasteiger partial charge in [-0.15, -0.1) is 0 Å². The maximum atomic E-state index is 6.13. The van der Waals surface area contributed by atoms with Gasteiger partial charge in [0.05, 0.1) is 29.4 Å². The van der Waals surface area contributed by atoms with Crippen molar-refractivity contribution in [1.82, 2.24) is 14.5 Å². The van der Waals surface area contributed by atoms with E-state index in [1.54, 1.807) is 0 Å². The number of para-hydroxylation sites is 1. The quantitative estimate of drug-likeness (QED) is 0.377. The highest BCUT2D eigenvalue weighted by molar-refractivity contribution is 5.91. The Labute approximate surface area is 186 Å². The van der Waals surface area contributed by atoms with Gasteiger partial charge in [0.25, 0.3) is 0 Å². The second kappa shape index (κ2) is 7.68. The molecule has 3 heterocycles. The second-order valence-corrected chi connectivity index (χ2v) is 8.17. The zero-order valence-electron chi connectivity index (χ0n) is 18.0. The van der Waals surface area contributed by atoms with Crippen LogP contribution in [-0.2, 0) is 13.1 Å². The number of benzene rings is 3. The third-order valence-electron chi connectivity index (χ3n) is 6.30. The average molecular weight is 421 g/mol. The summed E-state index contributed by atoms with van der Waals surface area (Å²) >= 11 is 0. The number of anilines is 1. The SMILES string of the molecule is CCn1cnc2ccc(-c3ccc4c(c3)CN(c3ccnc5ccccc35)CCO4)cc21. The molecular formula is C27H24N4O. The smallest absolute Gasteiger partial charge is 0.124 e. The van der Waals surface area contributed by atoms with Crippen LogP contribution in [0, 0.1) is 0 Å². The Hall–Kier alpha value is -3.86.